The average Bonchev–Trinajstić information content (AvgIpc) is 3.05. The molecule has 1 saturated heterocycles. The van der Waals surface area contributed by atoms with Crippen LogP contribution < -0.4 is 10.6 Å². The Balaban J connectivity index is 1.68. The molecule has 5 nitrogen and oxygen atoms in total. The number of hydrogen-bond donors (Lipinski definition) is 2. The highest BCUT2D eigenvalue weighted by atomic mass is 32.2. The van der Waals surface area contributed by atoms with Crippen LogP contribution in [0.15, 0.2) is 35.3 Å². The number of carbonyl (C=O) groups excluding carboxylic acids is 1. The molecule has 1 amide bonds. The minimum absolute atomic E-state index is 0.130. The lowest BCUT2D eigenvalue weighted by Gasteiger charge is -2.24. The normalized spacial score (nSPS) is 20.4. The zero-order chi connectivity index (χ0) is 18.1. The summed E-state index contributed by atoms with van der Waals surface area (Å²) >= 11 is 2.02. The Hall–Kier alpha value is -1.69. The number of thioether (sulfide) groups is 1. The molecule has 1 aromatic carbocycles. The zero-order valence-electron chi connectivity index (χ0n) is 15.5. The molecule has 138 valence electrons. The number of aliphatic imine (C=N–C) groups is 1. The van der Waals surface area contributed by atoms with E-state index in [1.54, 1.807) is 11.9 Å². The van der Waals surface area contributed by atoms with Crippen molar-refractivity contribution in [2.24, 2.45) is 4.99 Å². The maximum Gasteiger partial charge on any atom is 0.224 e. The Morgan fingerprint density at radius 2 is 2.08 bits per heavy atom. The van der Waals surface area contributed by atoms with Gasteiger partial charge in [-0.2, -0.15) is 11.8 Å². The Bertz CT molecular complexity index is 570. The maximum atomic E-state index is 12.3. The van der Waals surface area contributed by atoms with Gasteiger partial charge in [-0.25, -0.2) is 0 Å². The summed E-state index contributed by atoms with van der Waals surface area (Å²) in [5, 5.41) is 6.63. The lowest BCUT2D eigenvalue weighted by atomic mass is 10.1. The molecule has 2 rings (SSSR count). The second kappa shape index (κ2) is 9.70. The van der Waals surface area contributed by atoms with Gasteiger partial charge in [0, 0.05) is 44.9 Å². The molecule has 6 heteroatoms. The minimum Gasteiger partial charge on any atom is -0.356 e. The molecule has 1 heterocycles. The maximum absolute atomic E-state index is 12.3. The third-order valence-corrected chi connectivity index (χ3v) is 6.01. The first-order valence-electron chi connectivity index (χ1n) is 8.89. The molecular weight excluding hydrogens is 332 g/mol. The summed E-state index contributed by atoms with van der Waals surface area (Å²) in [6.07, 6.45) is 2.98. The first-order chi connectivity index (χ1) is 12.0. The van der Waals surface area contributed by atoms with Crippen molar-refractivity contribution >= 4 is 23.6 Å². The number of carbonyl (C=O) groups is 1. The van der Waals surface area contributed by atoms with Crippen molar-refractivity contribution in [3.05, 3.63) is 35.9 Å². The van der Waals surface area contributed by atoms with Gasteiger partial charge in [-0.1, -0.05) is 30.3 Å². The number of rotatable bonds is 7. The molecule has 0 bridgehead atoms. The Kier molecular flexibility index (Phi) is 7.62. The van der Waals surface area contributed by atoms with Crippen molar-refractivity contribution in [1.29, 1.82) is 0 Å². The van der Waals surface area contributed by atoms with Gasteiger partial charge in [0.1, 0.15) is 0 Å². The average molecular weight is 363 g/mol. The highest BCUT2D eigenvalue weighted by Crippen LogP contribution is 2.36. The second-order valence-corrected chi connectivity index (χ2v) is 8.42. The zero-order valence-corrected chi connectivity index (χ0v) is 16.4. The van der Waals surface area contributed by atoms with Gasteiger partial charge in [-0.05, 0) is 31.1 Å². The van der Waals surface area contributed by atoms with E-state index in [1.807, 2.05) is 49.1 Å². The highest BCUT2D eigenvalue weighted by Gasteiger charge is 2.29. The van der Waals surface area contributed by atoms with Gasteiger partial charge < -0.3 is 15.5 Å². The van der Waals surface area contributed by atoms with Crippen molar-refractivity contribution in [2.75, 3.05) is 32.9 Å². The van der Waals surface area contributed by atoms with Gasteiger partial charge >= 0.3 is 0 Å². The fourth-order valence-electron chi connectivity index (χ4n) is 2.89. The van der Waals surface area contributed by atoms with E-state index in [1.165, 1.54) is 18.6 Å². The number of nitrogens with zero attached hydrogens (tertiary/aromatic N) is 2. The quantitative estimate of drug-likeness (QED) is 0.578. The third-order valence-electron chi connectivity index (χ3n) is 4.47. The summed E-state index contributed by atoms with van der Waals surface area (Å²) < 4.78 is 0.295. The van der Waals surface area contributed by atoms with Crippen LogP contribution in [-0.2, 0) is 11.3 Å². The molecule has 0 radical (unpaired) electrons. The van der Waals surface area contributed by atoms with Crippen molar-refractivity contribution in [1.82, 2.24) is 15.5 Å². The van der Waals surface area contributed by atoms with Crippen molar-refractivity contribution in [3.8, 4) is 0 Å². The summed E-state index contributed by atoms with van der Waals surface area (Å²) in [4.78, 5) is 18.3. The third kappa shape index (κ3) is 6.61. The van der Waals surface area contributed by atoms with Crippen LogP contribution in [-0.4, -0.2) is 54.5 Å². The Morgan fingerprint density at radius 1 is 1.32 bits per heavy atom. The number of nitrogens with one attached hydrogen (secondary N) is 2. The fraction of sp³-hybridized carbons (Fsp3) is 0.579. The van der Waals surface area contributed by atoms with Gasteiger partial charge in [0.05, 0.1) is 0 Å². The van der Waals surface area contributed by atoms with E-state index in [4.69, 9.17) is 0 Å². The Labute approximate surface area is 155 Å². The van der Waals surface area contributed by atoms with Gasteiger partial charge in [0.25, 0.3) is 0 Å². The van der Waals surface area contributed by atoms with E-state index in [9.17, 15) is 4.79 Å². The first-order valence-corrected chi connectivity index (χ1v) is 9.87. The standard InChI is InChI=1S/C19H30N4OS/c1-19(11-7-13-25-19)15-22-18(20-2)21-12-10-17(24)23(3)14-16-8-5-4-6-9-16/h4-6,8-9H,7,10-15H2,1-3H3,(H2,20,21,22). The molecule has 0 spiro atoms. The van der Waals surface area contributed by atoms with Crippen LogP contribution in [0, 0.1) is 0 Å². The highest BCUT2D eigenvalue weighted by molar-refractivity contribution is 8.00. The van der Waals surface area contributed by atoms with Crippen molar-refractivity contribution in [3.63, 3.8) is 0 Å². The minimum atomic E-state index is 0.130. The van der Waals surface area contributed by atoms with Crippen LogP contribution >= 0.6 is 11.8 Å². The van der Waals surface area contributed by atoms with E-state index >= 15 is 0 Å². The molecule has 1 fully saturated rings. The molecule has 1 unspecified atom stereocenters. The van der Waals surface area contributed by atoms with Crippen LogP contribution in [0.5, 0.6) is 0 Å². The van der Waals surface area contributed by atoms with Crippen LogP contribution in [0.2, 0.25) is 0 Å². The fourth-order valence-corrected chi connectivity index (χ4v) is 4.14. The van der Waals surface area contributed by atoms with Crippen LogP contribution in [0.1, 0.15) is 31.7 Å². The van der Waals surface area contributed by atoms with Crippen molar-refractivity contribution < 1.29 is 4.79 Å². The molecule has 25 heavy (non-hydrogen) atoms. The number of guanidine groups is 1. The molecule has 1 aliphatic rings. The number of hydrogen-bond acceptors (Lipinski definition) is 3. The van der Waals surface area contributed by atoms with E-state index in [0.29, 0.717) is 24.3 Å². The SMILES string of the molecule is CN=C(NCCC(=O)N(C)Cc1ccccc1)NCC1(C)CCCS1. The van der Waals surface area contributed by atoms with E-state index < -0.39 is 0 Å². The lowest BCUT2D eigenvalue weighted by molar-refractivity contribution is -0.130. The smallest absolute Gasteiger partial charge is 0.224 e. The van der Waals surface area contributed by atoms with E-state index in [2.05, 4.69) is 22.5 Å². The molecule has 1 atom stereocenters. The molecule has 2 N–H and O–H groups in total. The molecule has 1 aliphatic heterocycles. The van der Waals surface area contributed by atoms with Gasteiger partial charge in [0.2, 0.25) is 5.91 Å². The van der Waals surface area contributed by atoms with E-state index in [-0.39, 0.29) is 5.91 Å². The van der Waals surface area contributed by atoms with Gasteiger partial charge in [-0.3, -0.25) is 9.79 Å². The summed E-state index contributed by atoms with van der Waals surface area (Å²) in [5.74, 6) is 2.14. The largest absolute Gasteiger partial charge is 0.356 e. The predicted molar refractivity (Wildman–Crippen MR) is 107 cm³/mol. The summed E-state index contributed by atoms with van der Waals surface area (Å²) in [6.45, 7) is 4.43. The van der Waals surface area contributed by atoms with E-state index in [0.717, 1.165) is 18.1 Å². The summed E-state index contributed by atoms with van der Waals surface area (Å²) in [6, 6.07) is 10.0. The van der Waals surface area contributed by atoms with Crippen LogP contribution in [0.25, 0.3) is 0 Å². The van der Waals surface area contributed by atoms with Crippen LogP contribution in [0.4, 0.5) is 0 Å². The summed E-state index contributed by atoms with van der Waals surface area (Å²) in [5.41, 5.74) is 1.14. The van der Waals surface area contributed by atoms with Crippen LogP contribution in [0.3, 0.4) is 0 Å². The molecular formula is C19H30N4OS. The first kappa shape index (κ1) is 19.6. The van der Waals surface area contributed by atoms with Crippen molar-refractivity contribution in [2.45, 2.75) is 37.5 Å². The summed E-state index contributed by atoms with van der Waals surface area (Å²) in [7, 11) is 3.61. The van der Waals surface area contributed by atoms with Gasteiger partial charge in [0.15, 0.2) is 5.96 Å². The molecule has 0 saturated carbocycles. The second-order valence-electron chi connectivity index (χ2n) is 6.74. The van der Waals surface area contributed by atoms with Gasteiger partial charge in [-0.15, -0.1) is 0 Å². The molecule has 0 aromatic heterocycles. The monoisotopic (exact) mass is 362 g/mol. The number of amides is 1. The Morgan fingerprint density at radius 3 is 2.72 bits per heavy atom. The molecule has 1 aromatic rings. The lowest BCUT2D eigenvalue weighted by Crippen LogP contribution is -2.44. The topological polar surface area (TPSA) is 56.7 Å². The predicted octanol–water partition coefficient (Wildman–Crippen LogP) is 2.49. The molecule has 0 aliphatic carbocycles. The number of benzene rings is 1.